The van der Waals surface area contributed by atoms with Gasteiger partial charge < -0.3 is 20.7 Å². The minimum Gasteiger partial charge on any atom is -0.382 e. The van der Waals surface area contributed by atoms with E-state index in [9.17, 15) is 13.2 Å². The Morgan fingerprint density at radius 2 is 1.98 bits per heavy atom. The Morgan fingerprint density at radius 1 is 1.20 bits per heavy atom. The number of pyridine rings is 1. The van der Waals surface area contributed by atoms with Crippen molar-refractivity contribution in [1.82, 2.24) is 29.8 Å². The Bertz CT molecular complexity index is 1630. The Kier molecular flexibility index (Phi) is 8.34. The van der Waals surface area contributed by atoms with Crippen molar-refractivity contribution in [2.24, 2.45) is 0 Å². The van der Waals surface area contributed by atoms with Crippen LogP contribution in [0.2, 0.25) is 0 Å². The molecule has 0 saturated carbocycles. The standard InChI is InChI=1S/C29H35N7O4S/c1-4-21(35(2)29(37)25-18-40-15-14-31-25)11-13-24-26(41(3,38)39)27(30)36-28(34-24)22(17-33-36)20-10-12-23(32-16-20)19-8-6-5-7-9-19/h5-10,12,16-17,21,25,31H,4,11,13-15,18,30H2,1-3H3/t21-,25+/m1/s1. The van der Waals surface area contributed by atoms with Crippen LogP contribution in [0.3, 0.4) is 0 Å². The lowest BCUT2D eigenvalue weighted by Crippen LogP contribution is -2.53. The SMILES string of the molecule is CC[C@H](CCc1nc2c(-c3ccc(-c4ccccc4)nc3)cnn2c(N)c1S(C)(=O)=O)N(C)C(=O)[C@@H]1COCCN1. The lowest BCUT2D eigenvalue weighted by atomic mass is 10.0. The summed E-state index contributed by atoms with van der Waals surface area (Å²) >= 11 is 0. The molecule has 0 spiro atoms. The van der Waals surface area contributed by atoms with Crippen LogP contribution >= 0.6 is 0 Å². The van der Waals surface area contributed by atoms with Crippen LogP contribution in [-0.2, 0) is 25.8 Å². The minimum absolute atomic E-state index is 0.00801. The third-order valence-electron chi connectivity index (χ3n) is 7.52. The van der Waals surface area contributed by atoms with Crippen molar-refractivity contribution in [3.63, 3.8) is 0 Å². The van der Waals surface area contributed by atoms with E-state index in [0.717, 1.165) is 23.1 Å². The molecule has 1 aliphatic rings. The predicted octanol–water partition coefficient (Wildman–Crippen LogP) is 2.60. The highest BCUT2D eigenvalue weighted by Crippen LogP contribution is 2.31. The summed E-state index contributed by atoms with van der Waals surface area (Å²) in [4.78, 5) is 24.2. The molecule has 3 N–H and O–H groups in total. The smallest absolute Gasteiger partial charge is 0.242 e. The second kappa shape index (κ2) is 11.9. The number of ether oxygens (including phenoxy) is 1. The van der Waals surface area contributed by atoms with Crippen molar-refractivity contribution in [3.05, 3.63) is 60.6 Å². The van der Waals surface area contributed by atoms with Gasteiger partial charge in [0.15, 0.2) is 15.5 Å². The van der Waals surface area contributed by atoms with Gasteiger partial charge >= 0.3 is 0 Å². The number of aryl methyl sites for hydroxylation is 1. The van der Waals surface area contributed by atoms with Gasteiger partial charge in [-0.25, -0.2) is 13.4 Å². The zero-order valence-electron chi connectivity index (χ0n) is 23.4. The Balaban J connectivity index is 1.46. The molecule has 1 fully saturated rings. The summed E-state index contributed by atoms with van der Waals surface area (Å²) in [6.45, 7) is 3.54. The zero-order chi connectivity index (χ0) is 29.1. The van der Waals surface area contributed by atoms with Crippen molar-refractivity contribution < 1.29 is 17.9 Å². The summed E-state index contributed by atoms with van der Waals surface area (Å²) in [5.74, 6) is -0.0408. The number of carbonyl (C=O) groups is 1. The van der Waals surface area contributed by atoms with E-state index < -0.39 is 15.9 Å². The quantitative estimate of drug-likeness (QED) is 0.307. The summed E-state index contributed by atoms with van der Waals surface area (Å²) in [7, 11) is -1.95. The van der Waals surface area contributed by atoms with Gasteiger partial charge in [-0.3, -0.25) is 9.78 Å². The molecule has 1 aromatic carbocycles. The van der Waals surface area contributed by atoms with Crippen LogP contribution in [0.15, 0.2) is 59.8 Å². The minimum atomic E-state index is -3.72. The summed E-state index contributed by atoms with van der Waals surface area (Å²) in [5.41, 5.74) is 10.5. The maximum Gasteiger partial charge on any atom is 0.242 e. The van der Waals surface area contributed by atoms with E-state index in [1.807, 2.05) is 49.4 Å². The molecule has 4 aromatic rings. The van der Waals surface area contributed by atoms with Gasteiger partial charge in [0.2, 0.25) is 5.91 Å². The summed E-state index contributed by atoms with van der Waals surface area (Å²) < 4.78 is 32.6. The largest absolute Gasteiger partial charge is 0.382 e. The van der Waals surface area contributed by atoms with Gasteiger partial charge in [-0.2, -0.15) is 9.61 Å². The van der Waals surface area contributed by atoms with Crippen LogP contribution in [0.4, 0.5) is 5.82 Å². The van der Waals surface area contributed by atoms with Crippen LogP contribution in [0.5, 0.6) is 0 Å². The highest BCUT2D eigenvalue weighted by molar-refractivity contribution is 7.91. The molecule has 1 amide bonds. The average Bonchev–Trinajstić information content (AvgIpc) is 3.41. The Labute approximate surface area is 239 Å². The monoisotopic (exact) mass is 577 g/mol. The molecule has 0 bridgehead atoms. The lowest BCUT2D eigenvalue weighted by Gasteiger charge is -2.32. The number of nitrogens with one attached hydrogen (secondary N) is 1. The number of benzene rings is 1. The van der Waals surface area contributed by atoms with E-state index in [0.29, 0.717) is 55.9 Å². The molecular formula is C29H35N7O4S. The average molecular weight is 578 g/mol. The van der Waals surface area contributed by atoms with Gasteiger partial charge in [-0.1, -0.05) is 43.3 Å². The van der Waals surface area contributed by atoms with Crippen LogP contribution in [-0.4, -0.2) is 84.0 Å². The highest BCUT2D eigenvalue weighted by Gasteiger charge is 2.29. The van der Waals surface area contributed by atoms with Crippen LogP contribution in [0.25, 0.3) is 28.0 Å². The van der Waals surface area contributed by atoms with Crippen LogP contribution in [0, 0.1) is 0 Å². The zero-order valence-corrected chi connectivity index (χ0v) is 24.3. The Morgan fingerprint density at radius 3 is 2.61 bits per heavy atom. The van der Waals surface area contributed by atoms with Gasteiger partial charge in [-0.15, -0.1) is 0 Å². The second-order valence-corrected chi connectivity index (χ2v) is 12.2. The maximum atomic E-state index is 13.1. The van der Waals surface area contributed by atoms with Gasteiger partial charge in [0, 0.05) is 48.8 Å². The van der Waals surface area contributed by atoms with E-state index in [2.05, 4.69) is 15.4 Å². The molecule has 216 valence electrons. The van der Waals surface area contributed by atoms with Crippen LogP contribution in [0.1, 0.15) is 25.5 Å². The number of amides is 1. The number of nitrogens with two attached hydrogens (primary N) is 1. The van der Waals surface area contributed by atoms with E-state index in [1.54, 1.807) is 24.3 Å². The normalized spacial score (nSPS) is 16.5. The van der Waals surface area contributed by atoms with E-state index in [-0.39, 0.29) is 22.7 Å². The fraction of sp³-hybridized carbons (Fsp3) is 0.379. The molecule has 5 rings (SSSR count). The molecule has 0 unspecified atom stereocenters. The van der Waals surface area contributed by atoms with E-state index >= 15 is 0 Å². The highest BCUT2D eigenvalue weighted by atomic mass is 32.2. The molecule has 12 heteroatoms. The summed E-state index contributed by atoms with van der Waals surface area (Å²) in [6.07, 6.45) is 6.00. The van der Waals surface area contributed by atoms with Crippen LogP contribution < -0.4 is 11.1 Å². The van der Waals surface area contributed by atoms with Gasteiger partial charge in [0.05, 0.1) is 30.8 Å². The number of carbonyl (C=O) groups excluding carboxylic acids is 1. The molecule has 0 aliphatic carbocycles. The van der Waals surface area contributed by atoms with Crippen molar-refractivity contribution in [1.29, 1.82) is 0 Å². The topological polar surface area (TPSA) is 145 Å². The fourth-order valence-electron chi connectivity index (χ4n) is 5.28. The number of hydrogen-bond acceptors (Lipinski definition) is 9. The molecular weight excluding hydrogens is 542 g/mol. The van der Waals surface area contributed by atoms with Crippen molar-refractivity contribution in [2.75, 3.05) is 38.8 Å². The molecule has 0 radical (unpaired) electrons. The number of nitrogen functional groups attached to an aromatic ring is 1. The number of anilines is 1. The number of sulfone groups is 1. The first kappa shape index (κ1) is 28.7. The van der Waals surface area contributed by atoms with Crippen molar-refractivity contribution in [2.45, 2.75) is 43.2 Å². The number of likely N-dealkylation sites (N-methyl/N-ethyl adjacent to an activating group) is 1. The third kappa shape index (κ3) is 5.95. The predicted molar refractivity (Wildman–Crippen MR) is 157 cm³/mol. The number of hydrogen-bond donors (Lipinski definition) is 2. The van der Waals surface area contributed by atoms with Crippen molar-refractivity contribution >= 4 is 27.2 Å². The summed E-state index contributed by atoms with van der Waals surface area (Å²) in [5, 5.41) is 7.57. The number of aromatic nitrogens is 4. The fourth-order valence-corrected chi connectivity index (χ4v) is 6.33. The van der Waals surface area contributed by atoms with Crippen molar-refractivity contribution in [3.8, 4) is 22.4 Å². The molecule has 3 aromatic heterocycles. The molecule has 11 nitrogen and oxygen atoms in total. The van der Waals surface area contributed by atoms with Gasteiger partial charge in [0.1, 0.15) is 16.8 Å². The first-order valence-corrected chi connectivity index (χ1v) is 15.5. The first-order valence-electron chi connectivity index (χ1n) is 13.6. The van der Waals surface area contributed by atoms with E-state index in [1.165, 1.54) is 4.52 Å². The van der Waals surface area contributed by atoms with Gasteiger partial charge in [0.25, 0.3) is 0 Å². The molecule has 4 heterocycles. The maximum absolute atomic E-state index is 13.1. The third-order valence-corrected chi connectivity index (χ3v) is 8.71. The van der Waals surface area contributed by atoms with E-state index in [4.69, 9.17) is 15.5 Å². The number of rotatable bonds is 9. The molecule has 2 atom stereocenters. The first-order chi connectivity index (χ1) is 19.7. The lowest BCUT2D eigenvalue weighted by molar-refractivity contribution is -0.137. The Hall–Kier alpha value is -3.87. The summed E-state index contributed by atoms with van der Waals surface area (Å²) in [6, 6.07) is 13.2. The molecule has 1 saturated heterocycles. The molecule has 41 heavy (non-hydrogen) atoms. The number of nitrogens with zero attached hydrogens (tertiary/aromatic N) is 5. The number of morpholine rings is 1. The number of fused-ring (bicyclic) bond motifs is 1. The molecule has 1 aliphatic heterocycles. The second-order valence-electron chi connectivity index (χ2n) is 10.3. The van der Waals surface area contributed by atoms with Gasteiger partial charge in [-0.05, 0) is 25.3 Å².